The fraction of sp³-hybridized carbons (Fsp3) is 0.467. The summed E-state index contributed by atoms with van der Waals surface area (Å²) in [6.45, 7) is 0. The van der Waals surface area contributed by atoms with Gasteiger partial charge in [0.15, 0.2) is 5.82 Å². The van der Waals surface area contributed by atoms with Crippen LogP contribution in [0.5, 0.6) is 5.75 Å². The van der Waals surface area contributed by atoms with E-state index in [0.717, 1.165) is 37.9 Å². The van der Waals surface area contributed by atoms with Crippen LogP contribution in [-0.2, 0) is 18.4 Å². The largest absolute Gasteiger partial charge is 0.497 e. The molecule has 5 nitrogen and oxygen atoms in total. The fourth-order valence-corrected chi connectivity index (χ4v) is 2.42. The maximum absolute atomic E-state index is 6.18. The molecule has 2 N–H and O–H groups in total. The molecule has 0 amide bonds. The van der Waals surface area contributed by atoms with Crippen molar-refractivity contribution in [3.05, 3.63) is 41.5 Å². The van der Waals surface area contributed by atoms with Crippen molar-refractivity contribution < 1.29 is 9.26 Å². The van der Waals surface area contributed by atoms with Crippen LogP contribution in [0.1, 0.15) is 36.5 Å². The van der Waals surface area contributed by atoms with Crippen molar-refractivity contribution in [3.8, 4) is 5.75 Å². The summed E-state index contributed by atoms with van der Waals surface area (Å²) in [7, 11) is 1.67. The normalized spacial score (nSPS) is 15.9. The maximum Gasteiger partial charge on any atom is 0.227 e. The van der Waals surface area contributed by atoms with E-state index in [2.05, 4.69) is 16.2 Å². The number of hydrogen-bond acceptors (Lipinski definition) is 5. The van der Waals surface area contributed by atoms with Crippen molar-refractivity contribution >= 4 is 12.4 Å². The predicted octanol–water partition coefficient (Wildman–Crippen LogP) is 2.62. The van der Waals surface area contributed by atoms with Crippen LogP contribution in [0.3, 0.4) is 0 Å². The highest BCUT2D eigenvalue weighted by Crippen LogP contribution is 2.36. The van der Waals surface area contributed by atoms with E-state index in [0.29, 0.717) is 11.7 Å². The number of halogens is 1. The molecule has 0 spiro atoms. The summed E-state index contributed by atoms with van der Waals surface area (Å²) in [6.07, 6.45) is 4.60. The molecule has 1 aromatic carbocycles. The van der Waals surface area contributed by atoms with E-state index in [1.54, 1.807) is 7.11 Å². The van der Waals surface area contributed by atoms with E-state index < -0.39 is 0 Å². The molecule has 1 fully saturated rings. The highest BCUT2D eigenvalue weighted by molar-refractivity contribution is 5.85. The van der Waals surface area contributed by atoms with Crippen LogP contribution in [0.4, 0.5) is 0 Å². The minimum absolute atomic E-state index is 0. The quantitative estimate of drug-likeness (QED) is 0.919. The van der Waals surface area contributed by atoms with Gasteiger partial charge in [0.2, 0.25) is 5.89 Å². The van der Waals surface area contributed by atoms with Crippen molar-refractivity contribution in [2.24, 2.45) is 5.73 Å². The molecular weight excluding hydrogens is 290 g/mol. The molecule has 1 aliphatic carbocycles. The first kappa shape index (κ1) is 15.8. The van der Waals surface area contributed by atoms with Crippen LogP contribution in [0.15, 0.2) is 28.8 Å². The van der Waals surface area contributed by atoms with Gasteiger partial charge < -0.3 is 15.0 Å². The molecular formula is C15H20ClN3O2. The fourth-order valence-electron chi connectivity index (χ4n) is 2.42. The highest BCUT2D eigenvalue weighted by atomic mass is 35.5. The summed E-state index contributed by atoms with van der Waals surface area (Å²) >= 11 is 0. The van der Waals surface area contributed by atoms with Crippen LogP contribution >= 0.6 is 12.4 Å². The van der Waals surface area contributed by atoms with Gasteiger partial charge in [-0.3, -0.25) is 0 Å². The predicted molar refractivity (Wildman–Crippen MR) is 81.7 cm³/mol. The third-order valence-corrected chi connectivity index (χ3v) is 3.92. The number of ether oxygens (including phenoxy) is 1. The Morgan fingerprint density at radius 2 is 2.14 bits per heavy atom. The number of nitrogens with zero attached hydrogens (tertiary/aromatic N) is 2. The molecule has 114 valence electrons. The standard InChI is InChI=1S/C15H19N3O2.ClH/c1-19-12-5-2-4-11(10-12)6-7-13-17-14(18-20-13)15(16)8-3-9-15;/h2,4-5,10H,3,6-9,16H2,1H3;1H. The Bertz CT molecular complexity index is 596. The summed E-state index contributed by atoms with van der Waals surface area (Å²) in [4.78, 5) is 4.43. The van der Waals surface area contributed by atoms with Crippen LogP contribution in [0.25, 0.3) is 0 Å². The molecule has 0 atom stereocenters. The molecule has 2 aromatic rings. The number of methoxy groups -OCH3 is 1. The molecule has 0 saturated heterocycles. The molecule has 0 aliphatic heterocycles. The van der Waals surface area contributed by atoms with Gasteiger partial charge >= 0.3 is 0 Å². The third kappa shape index (κ3) is 3.36. The number of rotatable bonds is 5. The molecule has 0 radical (unpaired) electrons. The Kier molecular flexibility index (Phi) is 4.85. The van der Waals surface area contributed by atoms with Crippen LogP contribution < -0.4 is 10.5 Å². The van der Waals surface area contributed by atoms with Gasteiger partial charge in [0.1, 0.15) is 5.75 Å². The molecule has 0 unspecified atom stereocenters. The van der Waals surface area contributed by atoms with Gasteiger partial charge in [-0.2, -0.15) is 4.98 Å². The van der Waals surface area contributed by atoms with Crippen molar-refractivity contribution in [1.82, 2.24) is 10.1 Å². The SMILES string of the molecule is COc1cccc(CCc2nc(C3(N)CCC3)no2)c1.Cl. The number of nitrogens with two attached hydrogens (primary N) is 1. The van der Waals surface area contributed by atoms with E-state index in [1.807, 2.05) is 18.2 Å². The average molecular weight is 310 g/mol. The Balaban J connectivity index is 0.00000161. The highest BCUT2D eigenvalue weighted by Gasteiger charge is 2.38. The van der Waals surface area contributed by atoms with Gasteiger partial charge in [-0.25, -0.2) is 0 Å². The zero-order valence-electron chi connectivity index (χ0n) is 12.0. The number of hydrogen-bond donors (Lipinski definition) is 1. The second kappa shape index (κ2) is 6.45. The summed E-state index contributed by atoms with van der Waals surface area (Å²) in [6, 6.07) is 8.00. The lowest BCUT2D eigenvalue weighted by atomic mass is 9.77. The molecule has 21 heavy (non-hydrogen) atoms. The first-order valence-electron chi connectivity index (χ1n) is 6.94. The molecule has 6 heteroatoms. The average Bonchev–Trinajstić information content (AvgIpc) is 2.92. The maximum atomic E-state index is 6.18. The van der Waals surface area contributed by atoms with Crippen molar-refractivity contribution in [2.45, 2.75) is 37.6 Å². The second-order valence-electron chi connectivity index (χ2n) is 5.37. The van der Waals surface area contributed by atoms with Gasteiger partial charge in [-0.1, -0.05) is 17.3 Å². The lowest BCUT2D eigenvalue weighted by Gasteiger charge is -2.34. The van der Waals surface area contributed by atoms with Crippen molar-refractivity contribution in [2.75, 3.05) is 7.11 Å². The van der Waals surface area contributed by atoms with E-state index in [4.69, 9.17) is 15.0 Å². The van der Waals surface area contributed by atoms with E-state index in [9.17, 15) is 0 Å². The molecule has 0 bridgehead atoms. The number of benzene rings is 1. The zero-order chi connectivity index (χ0) is 14.0. The van der Waals surface area contributed by atoms with Gasteiger partial charge in [0, 0.05) is 6.42 Å². The Hall–Kier alpha value is -1.59. The molecule has 1 heterocycles. The molecule has 1 aliphatic rings. The molecule has 1 aromatic heterocycles. The van der Waals surface area contributed by atoms with Crippen molar-refractivity contribution in [3.63, 3.8) is 0 Å². The second-order valence-corrected chi connectivity index (χ2v) is 5.37. The molecule has 3 rings (SSSR count). The molecule has 1 saturated carbocycles. The van der Waals surface area contributed by atoms with E-state index in [-0.39, 0.29) is 17.9 Å². The topological polar surface area (TPSA) is 74.2 Å². The summed E-state index contributed by atoms with van der Waals surface area (Å²) in [5.74, 6) is 2.17. The lowest BCUT2D eigenvalue weighted by molar-refractivity contribution is 0.229. The smallest absolute Gasteiger partial charge is 0.227 e. The monoisotopic (exact) mass is 309 g/mol. The van der Waals surface area contributed by atoms with E-state index in [1.165, 1.54) is 5.56 Å². The van der Waals surface area contributed by atoms with Crippen LogP contribution in [-0.4, -0.2) is 17.3 Å². The van der Waals surface area contributed by atoms with Gasteiger partial charge in [-0.05, 0) is 43.4 Å². The Morgan fingerprint density at radius 1 is 1.33 bits per heavy atom. The van der Waals surface area contributed by atoms with Gasteiger partial charge in [0.05, 0.1) is 12.6 Å². The number of aromatic nitrogens is 2. The Morgan fingerprint density at radius 3 is 2.81 bits per heavy atom. The van der Waals surface area contributed by atoms with E-state index >= 15 is 0 Å². The minimum atomic E-state index is -0.349. The lowest BCUT2D eigenvalue weighted by Crippen LogP contribution is -2.44. The number of aryl methyl sites for hydroxylation is 2. The first-order chi connectivity index (χ1) is 9.69. The van der Waals surface area contributed by atoms with Crippen LogP contribution in [0.2, 0.25) is 0 Å². The summed E-state index contributed by atoms with van der Waals surface area (Å²) < 4.78 is 10.5. The van der Waals surface area contributed by atoms with Crippen molar-refractivity contribution in [1.29, 1.82) is 0 Å². The Labute approximate surface area is 130 Å². The van der Waals surface area contributed by atoms with Gasteiger partial charge in [-0.15, -0.1) is 12.4 Å². The first-order valence-corrected chi connectivity index (χ1v) is 6.94. The minimum Gasteiger partial charge on any atom is -0.497 e. The van der Waals surface area contributed by atoms with Gasteiger partial charge in [0.25, 0.3) is 0 Å². The zero-order valence-corrected chi connectivity index (χ0v) is 12.9. The summed E-state index contributed by atoms with van der Waals surface area (Å²) in [5, 5.41) is 4.02. The summed E-state index contributed by atoms with van der Waals surface area (Å²) in [5.41, 5.74) is 7.02. The third-order valence-electron chi connectivity index (χ3n) is 3.92. The van der Waals surface area contributed by atoms with Crippen LogP contribution in [0, 0.1) is 0 Å².